The fraction of sp³-hybridized carbons (Fsp3) is 0.429. The lowest BCUT2D eigenvalue weighted by atomic mass is 10.3. The summed E-state index contributed by atoms with van der Waals surface area (Å²) < 4.78 is 0. The zero-order valence-corrected chi connectivity index (χ0v) is 7.28. The maximum absolute atomic E-state index is 5.61. The molecule has 0 saturated heterocycles. The Bertz CT molecular complexity index is 270. The number of hydrogen-bond acceptors (Lipinski definition) is 5. The SMILES string of the molecule is CN(C)c1ncc(CN)c(N)n1. The van der Waals surface area contributed by atoms with Gasteiger partial charge in [-0.3, -0.25) is 0 Å². The van der Waals surface area contributed by atoms with Crippen molar-refractivity contribution in [1.29, 1.82) is 0 Å². The predicted octanol–water partition coefficient (Wildman–Crippen LogP) is -0.416. The number of anilines is 2. The zero-order chi connectivity index (χ0) is 9.14. The first-order chi connectivity index (χ1) is 5.65. The highest BCUT2D eigenvalue weighted by Crippen LogP contribution is 2.10. The minimum absolute atomic E-state index is 0.375. The Labute approximate surface area is 71.4 Å². The molecule has 5 heteroatoms. The fourth-order valence-corrected chi connectivity index (χ4v) is 0.783. The number of nitrogen functional groups attached to an aromatic ring is 1. The number of hydrogen-bond donors (Lipinski definition) is 2. The van der Waals surface area contributed by atoms with Crippen molar-refractivity contribution in [3.63, 3.8) is 0 Å². The van der Waals surface area contributed by atoms with E-state index in [1.165, 1.54) is 0 Å². The van der Waals surface area contributed by atoms with Gasteiger partial charge in [-0.2, -0.15) is 4.98 Å². The molecule has 0 bridgehead atoms. The van der Waals surface area contributed by atoms with E-state index in [-0.39, 0.29) is 0 Å². The van der Waals surface area contributed by atoms with E-state index in [2.05, 4.69) is 9.97 Å². The van der Waals surface area contributed by atoms with Crippen molar-refractivity contribution in [3.8, 4) is 0 Å². The van der Waals surface area contributed by atoms with Crippen molar-refractivity contribution in [2.75, 3.05) is 24.7 Å². The Morgan fingerprint density at radius 3 is 2.58 bits per heavy atom. The number of nitrogens with two attached hydrogens (primary N) is 2. The van der Waals surface area contributed by atoms with Crippen LogP contribution in [-0.2, 0) is 6.54 Å². The van der Waals surface area contributed by atoms with Crippen LogP contribution in [0.15, 0.2) is 6.20 Å². The molecule has 0 aromatic carbocycles. The lowest BCUT2D eigenvalue weighted by Crippen LogP contribution is -2.15. The molecule has 0 atom stereocenters. The molecule has 1 aromatic heterocycles. The lowest BCUT2D eigenvalue weighted by molar-refractivity contribution is 0.963. The Kier molecular flexibility index (Phi) is 2.44. The fourth-order valence-electron chi connectivity index (χ4n) is 0.783. The van der Waals surface area contributed by atoms with Crippen LogP contribution < -0.4 is 16.4 Å². The van der Waals surface area contributed by atoms with Crippen molar-refractivity contribution < 1.29 is 0 Å². The van der Waals surface area contributed by atoms with Gasteiger partial charge in [0, 0.05) is 32.4 Å². The van der Waals surface area contributed by atoms with Gasteiger partial charge in [-0.1, -0.05) is 0 Å². The smallest absolute Gasteiger partial charge is 0.226 e. The zero-order valence-electron chi connectivity index (χ0n) is 7.28. The summed E-state index contributed by atoms with van der Waals surface area (Å²) in [5, 5.41) is 0. The summed E-state index contributed by atoms with van der Waals surface area (Å²) in [6.07, 6.45) is 1.65. The maximum Gasteiger partial charge on any atom is 0.226 e. The van der Waals surface area contributed by atoms with Crippen LogP contribution >= 0.6 is 0 Å². The van der Waals surface area contributed by atoms with Gasteiger partial charge in [0.05, 0.1) is 0 Å². The average Bonchev–Trinajstić information content (AvgIpc) is 2.04. The maximum atomic E-state index is 5.61. The molecular weight excluding hydrogens is 154 g/mol. The van der Waals surface area contributed by atoms with E-state index in [1.54, 1.807) is 11.1 Å². The van der Waals surface area contributed by atoms with E-state index in [0.717, 1.165) is 5.56 Å². The van der Waals surface area contributed by atoms with Gasteiger partial charge in [0.15, 0.2) is 0 Å². The Balaban J connectivity index is 3.02. The highest BCUT2D eigenvalue weighted by Gasteiger charge is 2.02. The summed E-state index contributed by atoms with van der Waals surface area (Å²) >= 11 is 0. The molecule has 0 amide bonds. The molecular formula is C7H13N5. The monoisotopic (exact) mass is 167 g/mol. The molecule has 0 aliphatic rings. The molecule has 66 valence electrons. The molecule has 0 fully saturated rings. The summed E-state index contributed by atoms with van der Waals surface area (Å²) in [7, 11) is 3.72. The minimum atomic E-state index is 0.375. The molecule has 0 saturated carbocycles. The Morgan fingerprint density at radius 2 is 2.17 bits per heavy atom. The van der Waals surface area contributed by atoms with Crippen molar-refractivity contribution in [3.05, 3.63) is 11.8 Å². The average molecular weight is 167 g/mol. The molecule has 0 radical (unpaired) electrons. The normalized spacial score (nSPS) is 9.92. The van der Waals surface area contributed by atoms with Crippen LogP contribution in [-0.4, -0.2) is 24.1 Å². The van der Waals surface area contributed by atoms with Gasteiger partial charge in [0.1, 0.15) is 5.82 Å². The van der Waals surface area contributed by atoms with Crippen molar-refractivity contribution in [2.24, 2.45) is 5.73 Å². The van der Waals surface area contributed by atoms with Crippen LogP contribution in [0.4, 0.5) is 11.8 Å². The minimum Gasteiger partial charge on any atom is -0.383 e. The largest absolute Gasteiger partial charge is 0.383 e. The van der Waals surface area contributed by atoms with Gasteiger partial charge < -0.3 is 16.4 Å². The second-order valence-electron chi connectivity index (χ2n) is 2.68. The molecule has 0 unspecified atom stereocenters. The van der Waals surface area contributed by atoms with Crippen LogP contribution in [0, 0.1) is 0 Å². The van der Waals surface area contributed by atoms with Crippen molar-refractivity contribution in [2.45, 2.75) is 6.54 Å². The van der Waals surface area contributed by atoms with Crippen molar-refractivity contribution >= 4 is 11.8 Å². The van der Waals surface area contributed by atoms with Crippen LogP contribution in [0.3, 0.4) is 0 Å². The summed E-state index contributed by atoms with van der Waals surface area (Å²) in [5.41, 5.74) is 11.8. The molecule has 0 spiro atoms. The standard InChI is InChI=1S/C7H13N5/c1-12(2)7-10-4-5(3-8)6(9)11-7/h4H,3,8H2,1-2H3,(H2,9,10,11). The van der Waals surface area contributed by atoms with Crippen LogP contribution in [0.25, 0.3) is 0 Å². The summed E-state index contributed by atoms with van der Waals surface area (Å²) in [6.45, 7) is 0.375. The van der Waals surface area contributed by atoms with E-state index in [9.17, 15) is 0 Å². The first-order valence-corrected chi connectivity index (χ1v) is 3.64. The quantitative estimate of drug-likeness (QED) is 0.625. The van der Waals surface area contributed by atoms with Gasteiger partial charge in [-0.05, 0) is 0 Å². The Morgan fingerprint density at radius 1 is 1.50 bits per heavy atom. The van der Waals surface area contributed by atoms with Gasteiger partial charge in [-0.25, -0.2) is 4.98 Å². The third-order valence-corrected chi connectivity index (χ3v) is 1.51. The molecule has 1 heterocycles. The third kappa shape index (κ3) is 1.62. The number of nitrogens with zero attached hydrogens (tertiary/aromatic N) is 3. The van der Waals surface area contributed by atoms with Crippen LogP contribution in [0.5, 0.6) is 0 Å². The van der Waals surface area contributed by atoms with E-state index < -0.39 is 0 Å². The topological polar surface area (TPSA) is 81.1 Å². The van der Waals surface area contributed by atoms with Crippen molar-refractivity contribution in [1.82, 2.24) is 9.97 Å². The number of aromatic nitrogens is 2. The highest BCUT2D eigenvalue weighted by atomic mass is 15.2. The van der Waals surface area contributed by atoms with Crippen LogP contribution in [0.2, 0.25) is 0 Å². The summed E-state index contributed by atoms with van der Waals surface area (Å²) in [4.78, 5) is 9.91. The van der Waals surface area contributed by atoms with E-state index >= 15 is 0 Å². The first kappa shape index (κ1) is 8.73. The Hall–Kier alpha value is -1.36. The van der Waals surface area contributed by atoms with E-state index in [0.29, 0.717) is 18.3 Å². The molecule has 5 nitrogen and oxygen atoms in total. The molecule has 12 heavy (non-hydrogen) atoms. The van der Waals surface area contributed by atoms with E-state index in [1.807, 2.05) is 14.1 Å². The highest BCUT2D eigenvalue weighted by molar-refractivity contribution is 5.43. The van der Waals surface area contributed by atoms with Gasteiger partial charge >= 0.3 is 0 Å². The summed E-state index contributed by atoms with van der Waals surface area (Å²) in [6, 6.07) is 0. The second kappa shape index (κ2) is 3.36. The van der Waals surface area contributed by atoms with Gasteiger partial charge in [0.2, 0.25) is 5.95 Å². The molecule has 0 aliphatic carbocycles. The molecule has 1 aromatic rings. The van der Waals surface area contributed by atoms with Gasteiger partial charge in [0.25, 0.3) is 0 Å². The first-order valence-electron chi connectivity index (χ1n) is 3.64. The predicted molar refractivity (Wildman–Crippen MR) is 48.7 cm³/mol. The van der Waals surface area contributed by atoms with Gasteiger partial charge in [-0.15, -0.1) is 0 Å². The molecule has 1 rings (SSSR count). The van der Waals surface area contributed by atoms with E-state index in [4.69, 9.17) is 11.5 Å². The molecule has 0 aliphatic heterocycles. The van der Waals surface area contributed by atoms with Crippen LogP contribution in [0.1, 0.15) is 5.56 Å². The third-order valence-electron chi connectivity index (χ3n) is 1.51. The second-order valence-corrected chi connectivity index (χ2v) is 2.68. The molecule has 4 N–H and O–H groups in total. The summed E-state index contributed by atoms with van der Waals surface area (Å²) in [5.74, 6) is 1.06. The lowest BCUT2D eigenvalue weighted by Gasteiger charge is -2.10. The number of rotatable bonds is 2.